The van der Waals surface area contributed by atoms with Gasteiger partial charge in [-0.1, -0.05) is 6.07 Å². The summed E-state index contributed by atoms with van der Waals surface area (Å²) in [6.45, 7) is 1.63. The van der Waals surface area contributed by atoms with Gasteiger partial charge in [-0.15, -0.1) is 0 Å². The van der Waals surface area contributed by atoms with Gasteiger partial charge in [-0.25, -0.2) is 8.42 Å². The lowest BCUT2D eigenvalue weighted by molar-refractivity contribution is 0.354. The molecule has 108 valence electrons. The van der Waals surface area contributed by atoms with E-state index in [0.717, 1.165) is 5.56 Å². The molecule has 2 N–H and O–H groups in total. The van der Waals surface area contributed by atoms with Gasteiger partial charge in [-0.2, -0.15) is 0 Å². The molecule has 0 saturated heterocycles. The van der Waals surface area contributed by atoms with Gasteiger partial charge >= 0.3 is 0 Å². The first-order valence-corrected chi connectivity index (χ1v) is 7.90. The van der Waals surface area contributed by atoms with E-state index in [1.165, 1.54) is 6.26 Å². The normalized spacial score (nSPS) is 14.8. The third-order valence-electron chi connectivity index (χ3n) is 3.20. The molecule has 0 fully saturated rings. The zero-order chi connectivity index (χ0) is 14.6. The van der Waals surface area contributed by atoms with Crippen LogP contribution in [0.5, 0.6) is 11.5 Å². The van der Waals surface area contributed by atoms with E-state index in [1.807, 2.05) is 12.1 Å². The summed E-state index contributed by atoms with van der Waals surface area (Å²) in [6, 6.07) is 5.00. The molecule has 0 amide bonds. The summed E-state index contributed by atoms with van der Waals surface area (Å²) in [7, 11) is -0.0109. The lowest BCUT2D eigenvalue weighted by atomic mass is 10.0. The molecule has 0 aliphatic rings. The van der Waals surface area contributed by atoms with Gasteiger partial charge < -0.3 is 15.2 Å². The highest BCUT2D eigenvalue weighted by Crippen LogP contribution is 2.28. The number of hydrogen-bond donors (Lipinski definition) is 1. The van der Waals surface area contributed by atoms with Gasteiger partial charge in [-0.05, 0) is 31.0 Å². The van der Waals surface area contributed by atoms with Crippen LogP contribution in [0.25, 0.3) is 0 Å². The van der Waals surface area contributed by atoms with Gasteiger partial charge in [0.2, 0.25) is 0 Å². The maximum Gasteiger partial charge on any atom is 0.160 e. The summed E-state index contributed by atoms with van der Waals surface area (Å²) in [4.78, 5) is 0. The monoisotopic (exact) mass is 287 g/mol. The van der Waals surface area contributed by atoms with Crippen molar-refractivity contribution in [3.05, 3.63) is 23.8 Å². The van der Waals surface area contributed by atoms with Crippen molar-refractivity contribution in [2.45, 2.75) is 24.6 Å². The molecule has 1 aromatic carbocycles. The highest BCUT2D eigenvalue weighted by atomic mass is 32.2. The van der Waals surface area contributed by atoms with E-state index >= 15 is 0 Å². The van der Waals surface area contributed by atoms with E-state index in [4.69, 9.17) is 15.2 Å². The Morgan fingerprint density at radius 2 is 1.79 bits per heavy atom. The van der Waals surface area contributed by atoms with Crippen molar-refractivity contribution in [3.63, 3.8) is 0 Å². The molecular formula is C13H21NO4S. The highest BCUT2D eigenvalue weighted by molar-refractivity contribution is 7.91. The van der Waals surface area contributed by atoms with Crippen molar-refractivity contribution in [3.8, 4) is 11.5 Å². The average Bonchev–Trinajstić information content (AvgIpc) is 2.36. The van der Waals surface area contributed by atoms with Gasteiger partial charge in [-0.3, -0.25) is 0 Å². The molecule has 0 radical (unpaired) electrons. The molecule has 1 aromatic rings. The fraction of sp³-hybridized carbons (Fsp3) is 0.538. The fourth-order valence-corrected chi connectivity index (χ4v) is 2.49. The van der Waals surface area contributed by atoms with Crippen molar-refractivity contribution in [2.24, 2.45) is 5.73 Å². The number of rotatable bonds is 6. The zero-order valence-electron chi connectivity index (χ0n) is 11.7. The summed E-state index contributed by atoms with van der Waals surface area (Å²) in [5, 5.41) is -0.583. The lowest BCUT2D eigenvalue weighted by Crippen LogP contribution is -2.39. The minimum Gasteiger partial charge on any atom is -0.493 e. The van der Waals surface area contributed by atoms with Crippen LogP contribution in [0.15, 0.2) is 18.2 Å². The molecule has 0 heterocycles. The third-order valence-corrected chi connectivity index (χ3v) is 4.90. The zero-order valence-corrected chi connectivity index (χ0v) is 12.5. The second-order valence-corrected chi connectivity index (χ2v) is 6.99. The van der Waals surface area contributed by atoms with Crippen LogP contribution in [-0.4, -0.2) is 40.2 Å². The number of sulfone groups is 1. The van der Waals surface area contributed by atoms with Crippen LogP contribution in [-0.2, 0) is 16.3 Å². The molecule has 2 unspecified atom stereocenters. The van der Waals surface area contributed by atoms with Gasteiger partial charge in [0.1, 0.15) is 0 Å². The summed E-state index contributed by atoms with van der Waals surface area (Å²) in [5.41, 5.74) is 6.86. The molecule has 5 nitrogen and oxygen atoms in total. The number of ether oxygens (including phenoxy) is 2. The Kier molecular flexibility index (Phi) is 5.20. The molecule has 0 aromatic heterocycles. The first-order chi connectivity index (χ1) is 8.79. The van der Waals surface area contributed by atoms with E-state index in [1.54, 1.807) is 27.2 Å². The van der Waals surface area contributed by atoms with E-state index in [-0.39, 0.29) is 0 Å². The molecule has 1 rings (SSSR count). The van der Waals surface area contributed by atoms with Crippen LogP contribution in [0.3, 0.4) is 0 Å². The van der Waals surface area contributed by atoms with Crippen molar-refractivity contribution in [2.75, 3.05) is 20.5 Å². The predicted molar refractivity (Wildman–Crippen MR) is 75.5 cm³/mol. The topological polar surface area (TPSA) is 78.6 Å². The number of benzene rings is 1. The SMILES string of the molecule is COc1ccc(CC(N)C(C)S(C)(=O)=O)cc1OC. The van der Waals surface area contributed by atoms with Crippen LogP contribution < -0.4 is 15.2 Å². The molecule has 0 aliphatic carbocycles. The maximum atomic E-state index is 11.5. The molecule has 6 heteroatoms. The fourth-order valence-electron chi connectivity index (χ4n) is 1.76. The van der Waals surface area contributed by atoms with Gasteiger partial charge in [0.15, 0.2) is 21.3 Å². The molecule has 0 spiro atoms. The van der Waals surface area contributed by atoms with E-state index in [2.05, 4.69) is 0 Å². The molecule has 0 saturated carbocycles. The quantitative estimate of drug-likeness (QED) is 0.844. The average molecular weight is 287 g/mol. The van der Waals surface area contributed by atoms with E-state index in [0.29, 0.717) is 17.9 Å². The smallest absolute Gasteiger partial charge is 0.160 e. The maximum absolute atomic E-state index is 11.5. The number of hydrogen-bond acceptors (Lipinski definition) is 5. The molecule has 0 aliphatic heterocycles. The third kappa shape index (κ3) is 4.11. The molecule has 19 heavy (non-hydrogen) atoms. The Morgan fingerprint density at radius 1 is 1.21 bits per heavy atom. The Morgan fingerprint density at radius 3 is 2.26 bits per heavy atom. The highest BCUT2D eigenvalue weighted by Gasteiger charge is 2.23. The van der Waals surface area contributed by atoms with Crippen molar-refractivity contribution >= 4 is 9.84 Å². The summed E-state index contributed by atoms with van der Waals surface area (Å²) in [5.74, 6) is 1.25. The van der Waals surface area contributed by atoms with Crippen LogP contribution in [0.2, 0.25) is 0 Å². The Hall–Kier alpha value is -1.27. The Bertz CT molecular complexity index is 527. The first-order valence-electron chi connectivity index (χ1n) is 5.95. The minimum atomic E-state index is -3.13. The van der Waals surface area contributed by atoms with Crippen LogP contribution in [0, 0.1) is 0 Å². The number of nitrogens with two attached hydrogens (primary N) is 1. The van der Waals surface area contributed by atoms with Gasteiger partial charge in [0, 0.05) is 12.3 Å². The van der Waals surface area contributed by atoms with Gasteiger partial charge in [0.25, 0.3) is 0 Å². The summed E-state index contributed by atoms with van der Waals surface area (Å²) in [6.07, 6.45) is 1.67. The first kappa shape index (κ1) is 15.8. The van der Waals surface area contributed by atoms with Crippen LogP contribution in [0.1, 0.15) is 12.5 Å². The second-order valence-electron chi connectivity index (χ2n) is 4.59. The minimum absolute atomic E-state index is 0.451. The predicted octanol–water partition coefficient (Wildman–Crippen LogP) is 1.01. The standard InChI is InChI=1S/C13H21NO4S/c1-9(19(4,15)16)11(14)7-10-5-6-12(17-2)13(8-10)18-3/h5-6,8-9,11H,7,14H2,1-4H3. The molecular weight excluding hydrogens is 266 g/mol. The van der Waals surface area contributed by atoms with Crippen LogP contribution in [0.4, 0.5) is 0 Å². The lowest BCUT2D eigenvalue weighted by Gasteiger charge is -2.19. The van der Waals surface area contributed by atoms with Gasteiger partial charge in [0.05, 0.1) is 19.5 Å². The largest absolute Gasteiger partial charge is 0.493 e. The van der Waals surface area contributed by atoms with Crippen LogP contribution >= 0.6 is 0 Å². The van der Waals surface area contributed by atoms with Crippen molar-refractivity contribution < 1.29 is 17.9 Å². The Labute approximate surface area is 114 Å². The van der Waals surface area contributed by atoms with Crippen molar-refractivity contribution in [1.29, 1.82) is 0 Å². The van der Waals surface area contributed by atoms with Crippen molar-refractivity contribution in [1.82, 2.24) is 0 Å². The van der Waals surface area contributed by atoms with E-state index < -0.39 is 21.1 Å². The molecule has 0 bridgehead atoms. The second kappa shape index (κ2) is 6.25. The van der Waals surface area contributed by atoms with E-state index in [9.17, 15) is 8.42 Å². The summed E-state index contributed by atoms with van der Waals surface area (Å²) < 4.78 is 33.3. The molecule has 2 atom stereocenters. The Balaban J connectivity index is 2.88. The number of methoxy groups -OCH3 is 2. The summed E-state index contributed by atoms with van der Waals surface area (Å²) >= 11 is 0.